The molecule has 0 saturated heterocycles. The van der Waals surface area contributed by atoms with Gasteiger partial charge in [-0.05, 0) is 25.1 Å². The molecule has 88 valence electrons. The van der Waals surface area contributed by atoms with Gasteiger partial charge in [-0.1, -0.05) is 0 Å². The van der Waals surface area contributed by atoms with Crippen LogP contribution in [0, 0.1) is 17.1 Å². The first kappa shape index (κ1) is 11.6. The van der Waals surface area contributed by atoms with E-state index >= 15 is 0 Å². The molecule has 2 unspecified atom stereocenters. The number of carbonyl (C=O) groups is 1. The summed E-state index contributed by atoms with van der Waals surface area (Å²) in [5.41, 5.74) is 0.705. The first-order valence-corrected chi connectivity index (χ1v) is 5.22. The third-order valence-electron chi connectivity index (χ3n) is 2.69. The number of nitrogens with zero attached hydrogens (tertiary/aromatic N) is 2. The van der Waals surface area contributed by atoms with Gasteiger partial charge in [0.25, 0.3) is 5.91 Å². The maximum Gasteiger partial charge on any atom is 0.255 e. The van der Waals surface area contributed by atoms with Crippen LogP contribution in [0.1, 0.15) is 28.9 Å². The van der Waals surface area contributed by atoms with Gasteiger partial charge in [-0.15, -0.1) is 0 Å². The molecule has 1 heterocycles. The molecule has 1 aliphatic heterocycles. The Kier molecular flexibility index (Phi) is 2.82. The molecule has 17 heavy (non-hydrogen) atoms. The van der Waals surface area contributed by atoms with E-state index in [4.69, 9.17) is 5.26 Å². The fourth-order valence-corrected chi connectivity index (χ4v) is 2.01. The zero-order chi connectivity index (χ0) is 12.6. The minimum Gasteiger partial charge on any atom is -0.392 e. The molecule has 0 aromatic heterocycles. The molecule has 0 bridgehead atoms. The number of aliphatic hydroxyl groups is 1. The average Bonchev–Trinajstić information content (AvgIpc) is 2.51. The van der Waals surface area contributed by atoms with E-state index in [2.05, 4.69) is 0 Å². The highest BCUT2D eigenvalue weighted by Gasteiger charge is 2.37. The second kappa shape index (κ2) is 4.15. The molecule has 2 rings (SSSR count). The summed E-state index contributed by atoms with van der Waals surface area (Å²) < 4.78 is 13.1. The Balaban J connectivity index is 2.44. The van der Waals surface area contributed by atoms with Crippen molar-refractivity contribution in [3.63, 3.8) is 0 Å². The van der Waals surface area contributed by atoms with Gasteiger partial charge in [0.1, 0.15) is 11.9 Å². The third kappa shape index (κ3) is 1.87. The largest absolute Gasteiger partial charge is 0.392 e. The van der Waals surface area contributed by atoms with Crippen LogP contribution in [0.5, 0.6) is 0 Å². The molecular weight excluding hydrogens is 223 g/mol. The quantitative estimate of drug-likeness (QED) is 0.837. The summed E-state index contributed by atoms with van der Waals surface area (Å²) >= 11 is 0. The Morgan fingerprint density at radius 3 is 2.94 bits per heavy atom. The maximum atomic E-state index is 13.1. The van der Waals surface area contributed by atoms with E-state index in [-0.39, 0.29) is 12.5 Å². The molecule has 1 aliphatic rings. The van der Waals surface area contributed by atoms with Crippen LogP contribution in [0.25, 0.3) is 0 Å². The second-order valence-corrected chi connectivity index (χ2v) is 4.07. The molecular formula is C12H11FN2O2. The lowest BCUT2D eigenvalue weighted by Crippen LogP contribution is -2.33. The number of benzene rings is 1. The van der Waals surface area contributed by atoms with Crippen LogP contribution < -0.4 is 0 Å². The van der Waals surface area contributed by atoms with Crippen molar-refractivity contribution in [3.8, 4) is 6.07 Å². The molecule has 0 spiro atoms. The van der Waals surface area contributed by atoms with Crippen LogP contribution in [0.15, 0.2) is 18.2 Å². The van der Waals surface area contributed by atoms with Crippen LogP contribution >= 0.6 is 0 Å². The number of carbonyl (C=O) groups excluding carboxylic acids is 1. The number of halogens is 1. The Hall–Kier alpha value is -1.93. The summed E-state index contributed by atoms with van der Waals surface area (Å²) in [5.74, 6) is -0.817. The van der Waals surface area contributed by atoms with E-state index in [0.717, 1.165) is 0 Å². The van der Waals surface area contributed by atoms with E-state index in [1.54, 1.807) is 0 Å². The van der Waals surface area contributed by atoms with Gasteiger partial charge in [-0.25, -0.2) is 4.39 Å². The van der Waals surface area contributed by atoms with Gasteiger partial charge in [0.05, 0.1) is 12.2 Å². The van der Waals surface area contributed by atoms with Crippen molar-refractivity contribution in [1.29, 1.82) is 5.26 Å². The van der Waals surface area contributed by atoms with E-state index in [1.165, 1.54) is 30.0 Å². The van der Waals surface area contributed by atoms with Crippen molar-refractivity contribution in [2.75, 3.05) is 6.54 Å². The number of aliphatic hydroxyl groups excluding tert-OH is 1. The molecule has 0 fully saturated rings. The van der Waals surface area contributed by atoms with Gasteiger partial charge >= 0.3 is 0 Å². The van der Waals surface area contributed by atoms with Gasteiger partial charge in [0.2, 0.25) is 0 Å². The van der Waals surface area contributed by atoms with Crippen molar-refractivity contribution in [2.24, 2.45) is 0 Å². The summed E-state index contributed by atoms with van der Waals surface area (Å²) in [6.07, 6.45) is -0.728. The fourth-order valence-electron chi connectivity index (χ4n) is 2.01. The zero-order valence-electron chi connectivity index (χ0n) is 9.22. The lowest BCUT2D eigenvalue weighted by atomic mass is 10.1. The summed E-state index contributed by atoms with van der Waals surface area (Å²) in [6, 6.07) is 4.91. The number of hydrogen-bond acceptors (Lipinski definition) is 3. The Bertz CT molecular complexity index is 508. The monoisotopic (exact) mass is 234 g/mol. The fraction of sp³-hybridized carbons (Fsp3) is 0.333. The minimum atomic E-state index is -0.817. The molecule has 0 radical (unpaired) electrons. The Labute approximate surface area is 97.9 Å². The number of nitriles is 1. The number of rotatable bonds is 2. The van der Waals surface area contributed by atoms with Crippen LogP contribution in [0.4, 0.5) is 4.39 Å². The lowest BCUT2D eigenvalue weighted by molar-refractivity contribution is 0.0641. The highest BCUT2D eigenvalue weighted by Crippen LogP contribution is 2.33. The average molecular weight is 234 g/mol. The first-order valence-electron chi connectivity index (χ1n) is 5.22. The summed E-state index contributed by atoms with van der Waals surface area (Å²) in [4.78, 5) is 13.2. The van der Waals surface area contributed by atoms with Gasteiger partial charge in [-0.3, -0.25) is 4.79 Å². The number of fused-ring (bicyclic) bond motifs is 1. The minimum absolute atomic E-state index is 0.0629. The molecule has 1 aromatic rings. The topological polar surface area (TPSA) is 64.3 Å². The molecule has 2 atom stereocenters. The summed E-state index contributed by atoms with van der Waals surface area (Å²) in [5, 5.41) is 18.4. The Morgan fingerprint density at radius 1 is 1.65 bits per heavy atom. The summed E-state index contributed by atoms with van der Waals surface area (Å²) in [7, 11) is 0. The number of β-amino-alcohol motifs (C(OH)–C–C–N with tert-alkyl or cyclic N) is 1. The van der Waals surface area contributed by atoms with Crippen molar-refractivity contribution in [2.45, 2.75) is 19.1 Å². The molecule has 4 nitrogen and oxygen atoms in total. The van der Waals surface area contributed by atoms with E-state index < -0.39 is 18.0 Å². The van der Waals surface area contributed by atoms with E-state index in [9.17, 15) is 14.3 Å². The van der Waals surface area contributed by atoms with Gasteiger partial charge in [-0.2, -0.15) is 5.26 Å². The normalized spacial score (nSPS) is 20.0. The predicted octanol–water partition coefficient (Wildman–Crippen LogP) is 1.23. The zero-order valence-corrected chi connectivity index (χ0v) is 9.22. The lowest BCUT2D eigenvalue weighted by Gasteiger charge is -2.21. The molecule has 0 aliphatic carbocycles. The maximum absolute atomic E-state index is 13.1. The van der Waals surface area contributed by atoms with Crippen LogP contribution in [0.2, 0.25) is 0 Å². The summed E-state index contributed by atoms with van der Waals surface area (Å²) in [6.45, 7) is 1.60. The molecule has 1 amide bonds. The van der Waals surface area contributed by atoms with E-state index in [1.807, 2.05) is 6.07 Å². The van der Waals surface area contributed by atoms with Crippen LogP contribution in [0.3, 0.4) is 0 Å². The first-order chi connectivity index (χ1) is 8.04. The number of hydrogen-bond donors (Lipinski definition) is 1. The Morgan fingerprint density at radius 2 is 2.35 bits per heavy atom. The second-order valence-electron chi connectivity index (χ2n) is 4.07. The molecule has 5 heteroatoms. The van der Waals surface area contributed by atoms with Gasteiger partial charge in [0, 0.05) is 17.7 Å². The van der Waals surface area contributed by atoms with Crippen molar-refractivity contribution in [3.05, 3.63) is 35.1 Å². The molecule has 1 aromatic carbocycles. The van der Waals surface area contributed by atoms with Crippen LogP contribution in [-0.4, -0.2) is 28.6 Å². The highest BCUT2D eigenvalue weighted by molar-refractivity contribution is 5.99. The predicted molar refractivity (Wildman–Crippen MR) is 57.5 cm³/mol. The third-order valence-corrected chi connectivity index (χ3v) is 2.69. The van der Waals surface area contributed by atoms with Gasteiger partial charge in [0.15, 0.2) is 0 Å². The molecule has 1 N–H and O–H groups in total. The van der Waals surface area contributed by atoms with Crippen molar-refractivity contribution in [1.82, 2.24) is 4.90 Å². The smallest absolute Gasteiger partial charge is 0.255 e. The number of amides is 1. The van der Waals surface area contributed by atoms with E-state index in [0.29, 0.717) is 11.1 Å². The molecule has 0 saturated carbocycles. The van der Waals surface area contributed by atoms with Crippen LogP contribution in [-0.2, 0) is 0 Å². The highest BCUT2D eigenvalue weighted by atomic mass is 19.1. The van der Waals surface area contributed by atoms with Crippen molar-refractivity contribution < 1.29 is 14.3 Å². The standard InChI is InChI=1S/C12H11FN2O2/c1-7(16)6-15-11(5-14)10-4-8(13)2-3-9(10)12(15)17/h2-4,7,11,16H,6H2,1H3. The SMILES string of the molecule is CC(O)CN1C(=O)c2ccc(F)cc2C1C#N. The van der Waals surface area contributed by atoms with Crippen molar-refractivity contribution >= 4 is 5.91 Å². The van der Waals surface area contributed by atoms with Gasteiger partial charge < -0.3 is 10.0 Å².